The first-order chi connectivity index (χ1) is 9.93. The topological polar surface area (TPSA) is 150 Å². The minimum absolute atomic E-state index is 0.339. The van der Waals surface area contributed by atoms with Crippen molar-refractivity contribution in [2.24, 2.45) is 0 Å². The summed E-state index contributed by atoms with van der Waals surface area (Å²) in [7, 11) is 1.12. The molecule has 0 aliphatic carbocycles. The molecule has 0 aromatic carbocycles. The third-order valence-electron chi connectivity index (χ3n) is 2.35. The Kier molecular flexibility index (Phi) is 3.56. The van der Waals surface area contributed by atoms with Gasteiger partial charge in [0.25, 0.3) is 5.82 Å². The van der Waals surface area contributed by atoms with Gasteiger partial charge < -0.3 is 9.84 Å². The average Bonchev–Trinajstić information content (AvgIpc) is 2.95. The number of hydrogen-bond donors (Lipinski definition) is 1. The van der Waals surface area contributed by atoms with Crippen LogP contribution in [0.2, 0.25) is 0 Å². The van der Waals surface area contributed by atoms with Crippen LogP contribution in [0.4, 0.5) is 5.69 Å². The van der Waals surface area contributed by atoms with Crippen LogP contribution < -0.4 is 0 Å². The molecule has 2 aromatic rings. The van der Waals surface area contributed by atoms with E-state index in [4.69, 9.17) is 5.11 Å². The molecule has 108 valence electrons. The lowest BCUT2D eigenvalue weighted by molar-refractivity contribution is -0.384. The van der Waals surface area contributed by atoms with Crippen molar-refractivity contribution in [3.8, 4) is 5.82 Å². The van der Waals surface area contributed by atoms with E-state index in [0.29, 0.717) is 0 Å². The second-order valence-corrected chi connectivity index (χ2v) is 3.61. The standard InChI is InChI=1S/C10H7N5O6/c1-21-10(18)7-11-4-14(13-7)8-6(15(19)20)3-2-5(12-8)9(16)17/h2-4H,1H3,(H,16,17). The molecule has 2 aromatic heterocycles. The molecule has 2 rings (SSSR count). The monoisotopic (exact) mass is 293 g/mol. The highest BCUT2D eigenvalue weighted by Gasteiger charge is 2.22. The number of nitrogens with zero attached hydrogens (tertiary/aromatic N) is 5. The molecule has 0 unspecified atom stereocenters. The highest BCUT2D eigenvalue weighted by Crippen LogP contribution is 2.20. The molecule has 0 bridgehead atoms. The number of aromatic nitrogens is 4. The Bertz CT molecular complexity index is 739. The number of carbonyl (C=O) groups excluding carboxylic acids is 1. The van der Waals surface area contributed by atoms with Crippen LogP contribution in [0.25, 0.3) is 5.82 Å². The molecule has 0 saturated carbocycles. The summed E-state index contributed by atoms with van der Waals surface area (Å²) in [4.78, 5) is 39.5. The van der Waals surface area contributed by atoms with Gasteiger partial charge in [-0.3, -0.25) is 10.1 Å². The quantitative estimate of drug-likeness (QED) is 0.468. The Morgan fingerprint density at radius 3 is 2.71 bits per heavy atom. The molecule has 0 aliphatic heterocycles. The van der Waals surface area contributed by atoms with E-state index in [1.807, 2.05) is 0 Å². The lowest BCUT2D eigenvalue weighted by atomic mass is 10.3. The number of hydrogen-bond acceptors (Lipinski definition) is 8. The molecule has 0 aliphatic rings. The third-order valence-corrected chi connectivity index (χ3v) is 2.35. The number of carbonyl (C=O) groups is 2. The smallest absolute Gasteiger partial charge is 0.377 e. The molecule has 1 N–H and O–H groups in total. The summed E-state index contributed by atoms with van der Waals surface area (Å²) in [5.41, 5.74) is -0.896. The van der Waals surface area contributed by atoms with E-state index in [-0.39, 0.29) is 11.6 Å². The summed E-state index contributed by atoms with van der Waals surface area (Å²) in [5, 5.41) is 23.5. The van der Waals surface area contributed by atoms with Crippen LogP contribution in [0.3, 0.4) is 0 Å². The maximum Gasteiger partial charge on any atom is 0.377 e. The van der Waals surface area contributed by atoms with E-state index in [1.165, 1.54) is 0 Å². The number of rotatable bonds is 4. The van der Waals surface area contributed by atoms with Crippen molar-refractivity contribution in [1.82, 2.24) is 19.7 Å². The number of ether oxygens (including phenoxy) is 1. The van der Waals surface area contributed by atoms with Crippen LogP contribution in [0, 0.1) is 10.1 Å². The second-order valence-electron chi connectivity index (χ2n) is 3.61. The maximum atomic E-state index is 11.2. The zero-order valence-electron chi connectivity index (χ0n) is 10.5. The van der Waals surface area contributed by atoms with Crippen molar-refractivity contribution in [1.29, 1.82) is 0 Å². The van der Waals surface area contributed by atoms with Crippen LogP contribution in [-0.2, 0) is 4.74 Å². The highest BCUT2D eigenvalue weighted by atomic mass is 16.6. The molecule has 11 heteroatoms. The number of carboxylic acids is 1. The van der Waals surface area contributed by atoms with Gasteiger partial charge in [0.1, 0.15) is 6.33 Å². The molecule has 21 heavy (non-hydrogen) atoms. The van der Waals surface area contributed by atoms with Gasteiger partial charge in [-0.05, 0) is 6.07 Å². The van der Waals surface area contributed by atoms with Crippen molar-refractivity contribution in [2.75, 3.05) is 7.11 Å². The highest BCUT2D eigenvalue weighted by molar-refractivity contribution is 5.86. The minimum Gasteiger partial charge on any atom is -0.477 e. The fourth-order valence-corrected chi connectivity index (χ4v) is 1.42. The van der Waals surface area contributed by atoms with E-state index >= 15 is 0 Å². The van der Waals surface area contributed by atoms with Crippen LogP contribution in [0.1, 0.15) is 21.1 Å². The third kappa shape index (κ3) is 2.65. The lowest BCUT2D eigenvalue weighted by Crippen LogP contribution is -2.10. The largest absolute Gasteiger partial charge is 0.477 e. The van der Waals surface area contributed by atoms with Crippen molar-refractivity contribution in [3.05, 3.63) is 40.1 Å². The summed E-state index contributed by atoms with van der Waals surface area (Å²) in [6, 6.07) is 1.97. The number of nitro groups is 1. The Labute approximate surface area is 116 Å². The number of pyridine rings is 1. The number of carboxylic acid groups (broad SMARTS) is 1. The maximum absolute atomic E-state index is 11.2. The average molecular weight is 293 g/mol. The molecule has 0 spiro atoms. The Hall–Kier alpha value is -3.37. The summed E-state index contributed by atoms with van der Waals surface area (Å²) in [5.74, 6) is -2.91. The first-order valence-electron chi connectivity index (χ1n) is 5.33. The first kappa shape index (κ1) is 14.0. The van der Waals surface area contributed by atoms with E-state index in [1.54, 1.807) is 0 Å². The normalized spacial score (nSPS) is 10.1. The predicted octanol–water partition coefficient (Wildman–Crippen LogP) is 0.0553. The van der Waals surface area contributed by atoms with E-state index < -0.39 is 28.2 Å². The number of aromatic carboxylic acids is 1. The van der Waals surface area contributed by atoms with Gasteiger partial charge in [0.05, 0.1) is 12.0 Å². The van der Waals surface area contributed by atoms with E-state index in [9.17, 15) is 19.7 Å². The van der Waals surface area contributed by atoms with Gasteiger partial charge in [-0.2, -0.15) is 4.68 Å². The van der Waals surface area contributed by atoms with Gasteiger partial charge >= 0.3 is 17.6 Å². The lowest BCUT2D eigenvalue weighted by Gasteiger charge is -2.02. The van der Waals surface area contributed by atoms with Gasteiger partial charge in [-0.25, -0.2) is 19.6 Å². The van der Waals surface area contributed by atoms with Crippen molar-refractivity contribution in [2.45, 2.75) is 0 Å². The van der Waals surface area contributed by atoms with Gasteiger partial charge in [-0.15, -0.1) is 5.10 Å². The molecule has 0 saturated heterocycles. The van der Waals surface area contributed by atoms with Gasteiger partial charge in [0.2, 0.25) is 5.82 Å². The summed E-state index contributed by atoms with van der Waals surface area (Å²) in [6.45, 7) is 0. The second kappa shape index (κ2) is 5.32. The SMILES string of the molecule is COC(=O)c1ncn(-c2nc(C(=O)O)ccc2[N+](=O)[O-])n1. The van der Waals surface area contributed by atoms with E-state index in [2.05, 4.69) is 19.8 Å². The van der Waals surface area contributed by atoms with Crippen molar-refractivity contribution >= 4 is 17.6 Å². The number of methoxy groups -OCH3 is 1. The van der Waals surface area contributed by atoms with Gasteiger partial charge in [0, 0.05) is 6.07 Å². The van der Waals surface area contributed by atoms with Gasteiger partial charge in [0.15, 0.2) is 5.69 Å². The molecule has 0 radical (unpaired) electrons. The zero-order valence-corrected chi connectivity index (χ0v) is 10.5. The van der Waals surface area contributed by atoms with Crippen LogP contribution >= 0.6 is 0 Å². The molecule has 0 atom stereocenters. The Balaban J connectivity index is 2.57. The Morgan fingerprint density at radius 2 is 2.14 bits per heavy atom. The molecule has 0 amide bonds. The van der Waals surface area contributed by atoms with Crippen LogP contribution in [-0.4, -0.2) is 48.8 Å². The molecule has 11 nitrogen and oxygen atoms in total. The van der Waals surface area contributed by atoms with Crippen molar-refractivity contribution in [3.63, 3.8) is 0 Å². The summed E-state index contributed by atoms with van der Waals surface area (Å²) < 4.78 is 5.23. The Morgan fingerprint density at radius 1 is 1.43 bits per heavy atom. The van der Waals surface area contributed by atoms with Gasteiger partial charge in [-0.1, -0.05) is 0 Å². The number of esters is 1. The van der Waals surface area contributed by atoms with Crippen molar-refractivity contribution < 1.29 is 24.4 Å². The summed E-state index contributed by atoms with van der Waals surface area (Å²) in [6.07, 6.45) is 0.993. The van der Waals surface area contributed by atoms with Crippen LogP contribution in [0.5, 0.6) is 0 Å². The molecule has 0 fully saturated rings. The fourth-order valence-electron chi connectivity index (χ4n) is 1.42. The predicted molar refractivity (Wildman–Crippen MR) is 64.1 cm³/mol. The summed E-state index contributed by atoms with van der Waals surface area (Å²) >= 11 is 0. The molecular formula is C10H7N5O6. The molecular weight excluding hydrogens is 286 g/mol. The fraction of sp³-hybridized carbons (Fsp3) is 0.100. The first-order valence-corrected chi connectivity index (χ1v) is 5.33. The van der Waals surface area contributed by atoms with E-state index in [0.717, 1.165) is 30.3 Å². The molecule has 2 heterocycles. The zero-order chi connectivity index (χ0) is 15.6. The van der Waals surface area contributed by atoms with Crippen LogP contribution in [0.15, 0.2) is 18.5 Å². The minimum atomic E-state index is -1.36.